The number of hydrogen-bond donors (Lipinski definition) is 2. The lowest BCUT2D eigenvalue weighted by atomic mass is 9.94. The molecule has 1 rings (SSSR count). The maximum atomic E-state index is 11.5. The molecule has 0 spiro atoms. The van der Waals surface area contributed by atoms with Crippen molar-refractivity contribution in [2.75, 3.05) is 26.7 Å². The maximum absolute atomic E-state index is 11.5. The van der Waals surface area contributed by atoms with Crippen LogP contribution in [0.5, 0.6) is 0 Å². The van der Waals surface area contributed by atoms with Gasteiger partial charge in [-0.3, -0.25) is 4.79 Å². The van der Waals surface area contributed by atoms with E-state index in [-0.39, 0.29) is 11.9 Å². The first kappa shape index (κ1) is 16.4. The molecule has 4 nitrogen and oxygen atoms in total. The van der Waals surface area contributed by atoms with Crippen molar-refractivity contribution >= 4 is 5.91 Å². The van der Waals surface area contributed by atoms with Crippen LogP contribution in [-0.2, 0) is 4.79 Å². The van der Waals surface area contributed by atoms with E-state index >= 15 is 0 Å². The summed E-state index contributed by atoms with van der Waals surface area (Å²) in [5.41, 5.74) is 0. The Morgan fingerprint density at radius 3 is 2.63 bits per heavy atom. The molecule has 0 aromatic carbocycles. The van der Waals surface area contributed by atoms with Gasteiger partial charge < -0.3 is 15.5 Å². The number of nitrogens with one attached hydrogen (secondary N) is 2. The Balaban J connectivity index is 2.07. The van der Waals surface area contributed by atoms with Crippen LogP contribution in [-0.4, -0.2) is 49.6 Å². The van der Waals surface area contributed by atoms with Crippen molar-refractivity contribution in [1.82, 2.24) is 15.5 Å². The SMILES string of the molecule is CCNC(=O)C(C)NCCCN(C)C1CCCCC1. The summed E-state index contributed by atoms with van der Waals surface area (Å²) >= 11 is 0. The molecule has 19 heavy (non-hydrogen) atoms. The van der Waals surface area contributed by atoms with E-state index < -0.39 is 0 Å². The van der Waals surface area contributed by atoms with Gasteiger partial charge in [0.15, 0.2) is 0 Å². The molecule has 112 valence electrons. The van der Waals surface area contributed by atoms with Crippen molar-refractivity contribution in [1.29, 1.82) is 0 Å². The lowest BCUT2D eigenvalue weighted by Crippen LogP contribution is -2.43. The molecule has 1 amide bonds. The quantitative estimate of drug-likeness (QED) is 0.660. The fourth-order valence-corrected chi connectivity index (χ4v) is 2.77. The van der Waals surface area contributed by atoms with Crippen LogP contribution in [0, 0.1) is 0 Å². The Labute approximate surface area is 118 Å². The van der Waals surface area contributed by atoms with Gasteiger partial charge >= 0.3 is 0 Å². The zero-order valence-electron chi connectivity index (χ0n) is 12.9. The summed E-state index contributed by atoms with van der Waals surface area (Å²) < 4.78 is 0. The van der Waals surface area contributed by atoms with Crippen LogP contribution < -0.4 is 10.6 Å². The normalized spacial score (nSPS) is 18.5. The Kier molecular flexibility index (Phi) is 8.07. The third-order valence-electron chi connectivity index (χ3n) is 4.08. The Morgan fingerprint density at radius 1 is 1.32 bits per heavy atom. The molecule has 1 fully saturated rings. The summed E-state index contributed by atoms with van der Waals surface area (Å²) in [5, 5.41) is 6.12. The van der Waals surface area contributed by atoms with Crippen molar-refractivity contribution in [3.63, 3.8) is 0 Å². The molecule has 1 atom stereocenters. The van der Waals surface area contributed by atoms with Gasteiger partial charge in [-0.2, -0.15) is 0 Å². The number of nitrogens with zero attached hydrogens (tertiary/aromatic N) is 1. The molecular formula is C15H31N3O. The lowest BCUT2D eigenvalue weighted by Gasteiger charge is -2.31. The van der Waals surface area contributed by atoms with Crippen LogP contribution in [0.3, 0.4) is 0 Å². The highest BCUT2D eigenvalue weighted by Crippen LogP contribution is 2.21. The predicted molar refractivity (Wildman–Crippen MR) is 80.3 cm³/mol. The minimum Gasteiger partial charge on any atom is -0.355 e. The lowest BCUT2D eigenvalue weighted by molar-refractivity contribution is -0.122. The van der Waals surface area contributed by atoms with Gasteiger partial charge in [-0.05, 0) is 53.2 Å². The second-order valence-electron chi connectivity index (χ2n) is 5.70. The molecule has 2 N–H and O–H groups in total. The Bertz CT molecular complexity index is 252. The van der Waals surface area contributed by atoms with Gasteiger partial charge in [0.05, 0.1) is 6.04 Å². The highest BCUT2D eigenvalue weighted by atomic mass is 16.2. The molecule has 0 aromatic heterocycles. The fourth-order valence-electron chi connectivity index (χ4n) is 2.77. The van der Waals surface area contributed by atoms with Gasteiger partial charge in [0.1, 0.15) is 0 Å². The van der Waals surface area contributed by atoms with E-state index in [0.717, 1.165) is 25.6 Å². The average molecular weight is 269 g/mol. The third-order valence-corrected chi connectivity index (χ3v) is 4.08. The molecule has 1 saturated carbocycles. The highest BCUT2D eigenvalue weighted by molar-refractivity contribution is 5.81. The van der Waals surface area contributed by atoms with Gasteiger partial charge in [0, 0.05) is 12.6 Å². The number of rotatable bonds is 8. The van der Waals surface area contributed by atoms with Crippen LogP contribution in [0.2, 0.25) is 0 Å². The van der Waals surface area contributed by atoms with Gasteiger partial charge in [-0.1, -0.05) is 19.3 Å². The summed E-state index contributed by atoms with van der Waals surface area (Å²) in [6.45, 7) is 6.62. The van der Waals surface area contributed by atoms with Crippen molar-refractivity contribution < 1.29 is 4.79 Å². The van der Waals surface area contributed by atoms with E-state index in [9.17, 15) is 4.79 Å². The third kappa shape index (κ3) is 6.39. The topological polar surface area (TPSA) is 44.4 Å². The first-order valence-electron chi connectivity index (χ1n) is 7.86. The second-order valence-corrected chi connectivity index (χ2v) is 5.70. The van der Waals surface area contributed by atoms with E-state index in [1.54, 1.807) is 0 Å². The average Bonchev–Trinajstić information content (AvgIpc) is 2.44. The first-order valence-corrected chi connectivity index (χ1v) is 7.86. The number of amides is 1. The van der Waals surface area contributed by atoms with E-state index in [0.29, 0.717) is 6.54 Å². The minimum atomic E-state index is -0.0834. The molecule has 1 unspecified atom stereocenters. The summed E-state index contributed by atoms with van der Waals surface area (Å²) in [5.74, 6) is 0.100. The van der Waals surface area contributed by atoms with Crippen LogP contribution in [0.15, 0.2) is 0 Å². The smallest absolute Gasteiger partial charge is 0.236 e. The summed E-state index contributed by atoms with van der Waals surface area (Å²) in [7, 11) is 2.24. The molecule has 0 heterocycles. The van der Waals surface area contributed by atoms with Gasteiger partial charge in [-0.25, -0.2) is 0 Å². The van der Waals surface area contributed by atoms with Crippen LogP contribution in [0.1, 0.15) is 52.4 Å². The minimum absolute atomic E-state index is 0.0834. The van der Waals surface area contributed by atoms with Gasteiger partial charge in [-0.15, -0.1) is 0 Å². The Morgan fingerprint density at radius 2 is 2.00 bits per heavy atom. The molecule has 4 heteroatoms. The van der Waals surface area contributed by atoms with Crippen molar-refractivity contribution in [2.24, 2.45) is 0 Å². The van der Waals surface area contributed by atoms with Crippen LogP contribution in [0.25, 0.3) is 0 Å². The molecule has 0 saturated heterocycles. The summed E-state index contributed by atoms with van der Waals surface area (Å²) in [4.78, 5) is 14.0. The van der Waals surface area contributed by atoms with Crippen molar-refractivity contribution in [3.05, 3.63) is 0 Å². The van der Waals surface area contributed by atoms with Crippen LogP contribution in [0.4, 0.5) is 0 Å². The Hall–Kier alpha value is -0.610. The summed E-state index contributed by atoms with van der Waals surface area (Å²) in [6.07, 6.45) is 8.02. The summed E-state index contributed by atoms with van der Waals surface area (Å²) in [6, 6.07) is 0.703. The van der Waals surface area contributed by atoms with E-state index in [4.69, 9.17) is 0 Å². The molecule has 0 aromatic rings. The molecule has 1 aliphatic carbocycles. The zero-order chi connectivity index (χ0) is 14.1. The number of hydrogen-bond acceptors (Lipinski definition) is 3. The van der Waals surface area contributed by atoms with E-state index in [1.165, 1.54) is 32.1 Å². The van der Waals surface area contributed by atoms with Crippen LogP contribution >= 0.6 is 0 Å². The number of carbonyl (C=O) groups is 1. The predicted octanol–water partition coefficient (Wildman–Crippen LogP) is 1.76. The molecule has 0 radical (unpaired) electrons. The van der Waals surface area contributed by atoms with E-state index in [1.807, 2.05) is 13.8 Å². The largest absolute Gasteiger partial charge is 0.355 e. The maximum Gasteiger partial charge on any atom is 0.236 e. The monoisotopic (exact) mass is 269 g/mol. The molecule has 0 bridgehead atoms. The van der Waals surface area contributed by atoms with Gasteiger partial charge in [0.25, 0.3) is 0 Å². The number of carbonyl (C=O) groups excluding carboxylic acids is 1. The molecular weight excluding hydrogens is 238 g/mol. The van der Waals surface area contributed by atoms with Gasteiger partial charge in [0.2, 0.25) is 5.91 Å². The van der Waals surface area contributed by atoms with Crippen molar-refractivity contribution in [3.8, 4) is 0 Å². The number of likely N-dealkylation sites (N-methyl/N-ethyl adjacent to an activating group) is 1. The standard InChI is InChI=1S/C15H31N3O/c1-4-16-15(19)13(2)17-11-8-12-18(3)14-9-6-5-7-10-14/h13-14,17H,4-12H2,1-3H3,(H,16,19). The molecule has 0 aliphatic heterocycles. The highest BCUT2D eigenvalue weighted by Gasteiger charge is 2.17. The second kappa shape index (κ2) is 9.32. The fraction of sp³-hybridized carbons (Fsp3) is 0.933. The van der Waals surface area contributed by atoms with Crippen molar-refractivity contribution in [2.45, 2.75) is 64.5 Å². The first-order chi connectivity index (χ1) is 9.15. The van der Waals surface area contributed by atoms with E-state index in [2.05, 4.69) is 22.6 Å². The zero-order valence-corrected chi connectivity index (χ0v) is 12.9. The molecule has 1 aliphatic rings.